The lowest BCUT2D eigenvalue weighted by Crippen LogP contribution is -1.98. The van der Waals surface area contributed by atoms with Gasteiger partial charge in [-0.05, 0) is 40.2 Å². The van der Waals surface area contributed by atoms with Crippen LogP contribution in [-0.2, 0) is 0 Å². The van der Waals surface area contributed by atoms with Crippen LogP contribution in [0.5, 0.6) is 0 Å². The van der Waals surface area contributed by atoms with Crippen molar-refractivity contribution in [2.45, 2.75) is 0 Å². The number of carbonyl (C=O) groups excluding carboxylic acids is 1. The molecule has 0 radical (unpaired) electrons. The molecule has 0 unspecified atom stereocenters. The van der Waals surface area contributed by atoms with Gasteiger partial charge in [0.25, 0.3) is 0 Å². The Morgan fingerprint density at radius 2 is 2.07 bits per heavy atom. The van der Waals surface area contributed by atoms with E-state index in [1.54, 1.807) is 36.4 Å². The van der Waals surface area contributed by atoms with E-state index < -0.39 is 0 Å². The molecule has 2 nitrogen and oxygen atoms in total. The second-order valence-corrected chi connectivity index (χ2v) is 4.16. The lowest BCUT2D eigenvalue weighted by molar-refractivity contribution is 0.101. The molecule has 76 valence electrons. The molecule has 0 atom stereocenters. The van der Waals surface area contributed by atoms with E-state index in [0.717, 1.165) is 0 Å². The highest BCUT2D eigenvalue weighted by atomic mass is 79.9. The summed E-state index contributed by atoms with van der Waals surface area (Å²) in [4.78, 5) is 11.8. The average Bonchev–Trinajstić information content (AvgIpc) is 2.64. The van der Waals surface area contributed by atoms with E-state index in [4.69, 9.17) is 16.0 Å². The van der Waals surface area contributed by atoms with Gasteiger partial charge >= 0.3 is 0 Å². The molecule has 0 fully saturated rings. The van der Waals surface area contributed by atoms with Crippen molar-refractivity contribution in [3.05, 3.63) is 57.4 Å². The normalized spacial score (nSPS) is 10.3. The summed E-state index contributed by atoms with van der Waals surface area (Å²) in [6, 6.07) is 10.1. The zero-order chi connectivity index (χ0) is 10.8. The molecule has 0 saturated heterocycles. The van der Waals surface area contributed by atoms with Crippen LogP contribution in [0, 0.1) is 0 Å². The van der Waals surface area contributed by atoms with E-state index in [9.17, 15) is 4.79 Å². The van der Waals surface area contributed by atoms with Crippen molar-refractivity contribution in [3.63, 3.8) is 0 Å². The van der Waals surface area contributed by atoms with Gasteiger partial charge in [0, 0.05) is 10.6 Å². The predicted molar refractivity (Wildman–Crippen MR) is 61.3 cm³/mol. The molecule has 0 aliphatic carbocycles. The molecular formula is C11H6BrClO2. The number of carbonyl (C=O) groups is 1. The number of halogens is 2. The van der Waals surface area contributed by atoms with Gasteiger partial charge in [0.2, 0.25) is 5.78 Å². The summed E-state index contributed by atoms with van der Waals surface area (Å²) in [5.74, 6) is 0.118. The Labute approximate surface area is 100.0 Å². The van der Waals surface area contributed by atoms with Gasteiger partial charge in [0.05, 0.1) is 0 Å². The maximum absolute atomic E-state index is 11.8. The van der Waals surface area contributed by atoms with Gasteiger partial charge in [-0.2, -0.15) is 0 Å². The largest absolute Gasteiger partial charge is 0.446 e. The lowest BCUT2D eigenvalue weighted by Gasteiger charge is -1.97. The molecule has 1 heterocycles. The SMILES string of the molecule is O=C(c1cccc(Cl)c1)c1ccc(Br)o1. The van der Waals surface area contributed by atoms with Crippen molar-refractivity contribution < 1.29 is 9.21 Å². The number of ketones is 1. The molecule has 2 rings (SSSR count). The van der Waals surface area contributed by atoms with Crippen molar-refractivity contribution in [1.82, 2.24) is 0 Å². The Hall–Kier alpha value is -1.06. The first-order chi connectivity index (χ1) is 7.16. The molecule has 0 bridgehead atoms. The number of hydrogen-bond donors (Lipinski definition) is 0. The molecule has 0 saturated carbocycles. The number of benzene rings is 1. The summed E-state index contributed by atoms with van der Waals surface area (Å²) in [5.41, 5.74) is 0.518. The van der Waals surface area contributed by atoms with Gasteiger partial charge < -0.3 is 4.42 Å². The Bertz CT molecular complexity index is 505. The first kappa shape index (κ1) is 10.5. The van der Waals surface area contributed by atoms with Crippen molar-refractivity contribution >= 4 is 33.3 Å². The van der Waals surface area contributed by atoms with E-state index in [0.29, 0.717) is 21.0 Å². The highest BCUT2D eigenvalue weighted by molar-refractivity contribution is 9.10. The molecule has 0 aliphatic heterocycles. The summed E-state index contributed by atoms with van der Waals surface area (Å²) >= 11 is 8.93. The number of furan rings is 1. The maximum atomic E-state index is 11.8. The predicted octanol–water partition coefficient (Wildman–Crippen LogP) is 3.93. The van der Waals surface area contributed by atoms with Gasteiger partial charge in [0.15, 0.2) is 10.4 Å². The van der Waals surface area contributed by atoms with E-state index in [1.807, 2.05) is 0 Å². The molecule has 4 heteroatoms. The quantitative estimate of drug-likeness (QED) is 0.783. The minimum absolute atomic E-state index is 0.178. The van der Waals surface area contributed by atoms with Crippen LogP contribution >= 0.6 is 27.5 Å². The number of hydrogen-bond acceptors (Lipinski definition) is 2. The van der Waals surface area contributed by atoms with Crippen LogP contribution in [-0.4, -0.2) is 5.78 Å². The topological polar surface area (TPSA) is 30.2 Å². The fourth-order valence-electron chi connectivity index (χ4n) is 1.21. The van der Waals surface area contributed by atoms with Crippen LogP contribution < -0.4 is 0 Å². The summed E-state index contributed by atoms with van der Waals surface area (Å²) in [5, 5.41) is 0.534. The van der Waals surface area contributed by atoms with E-state index in [-0.39, 0.29) is 5.78 Å². The Balaban J connectivity index is 2.36. The number of rotatable bonds is 2. The fourth-order valence-corrected chi connectivity index (χ4v) is 1.71. The van der Waals surface area contributed by atoms with Crippen molar-refractivity contribution in [1.29, 1.82) is 0 Å². The first-order valence-corrected chi connectivity index (χ1v) is 5.39. The van der Waals surface area contributed by atoms with E-state index in [1.165, 1.54) is 0 Å². The molecule has 0 amide bonds. The third-order valence-electron chi connectivity index (χ3n) is 1.88. The standard InChI is InChI=1S/C11H6BrClO2/c12-10-5-4-9(15-10)11(14)7-2-1-3-8(13)6-7/h1-6H. The first-order valence-electron chi connectivity index (χ1n) is 4.22. The minimum Gasteiger partial charge on any atom is -0.446 e. The Morgan fingerprint density at radius 3 is 2.67 bits per heavy atom. The smallest absolute Gasteiger partial charge is 0.228 e. The van der Waals surface area contributed by atoms with Gasteiger partial charge in [-0.3, -0.25) is 4.79 Å². The highest BCUT2D eigenvalue weighted by Gasteiger charge is 2.12. The van der Waals surface area contributed by atoms with Crippen molar-refractivity contribution in [2.75, 3.05) is 0 Å². The van der Waals surface area contributed by atoms with Crippen molar-refractivity contribution in [3.8, 4) is 0 Å². The molecule has 1 aromatic carbocycles. The third-order valence-corrected chi connectivity index (χ3v) is 2.55. The van der Waals surface area contributed by atoms with Crippen LogP contribution in [0.4, 0.5) is 0 Å². The molecule has 15 heavy (non-hydrogen) atoms. The summed E-state index contributed by atoms with van der Waals surface area (Å²) < 4.78 is 5.70. The van der Waals surface area contributed by atoms with Crippen LogP contribution in [0.2, 0.25) is 5.02 Å². The van der Waals surface area contributed by atoms with Crippen LogP contribution in [0.1, 0.15) is 16.1 Å². The third kappa shape index (κ3) is 2.30. The summed E-state index contributed by atoms with van der Waals surface area (Å²) in [6.07, 6.45) is 0. The van der Waals surface area contributed by atoms with Gasteiger partial charge in [-0.15, -0.1) is 0 Å². The lowest BCUT2D eigenvalue weighted by atomic mass is 10.1. The van der Waals surface area contributed by atoms with E-state index in [2.05, 4.69) is 15.9 Å². The zero-order valence-electron chi connectivity index (χ0n) is 7.54. The second-order valence-electron chi connectivity index (χ2n) is 2.94. The molecule has 1 aromatic heterocycles. The van der Waals surface area contributed by atoms with Crippen LogP contribution in [0.3, 0.4) is 0 Å². The molecule has 2 aromatic rings. The molecule has 0 N–H and O–H groups in total. The minimum atomic E-state index is -0.178. The average molecular weight is 286 g/mol. The summed E-state index contributed by atoms with van der Waals surface area (Å²) in [6.45, 7) is 0. The zero-order valence-corrected chi connectivity index (χ0v) is 9.88. The Kier molecular flexibility index (Phi) is 2.93. The van der Waals surface area contributed by atoms with Crippen LogP contribution in [0.25, 0.3) is 0 Å². The monoisotopic (exact) mass is 284 g/mol. The van der Waals surface area contributed by atoms with Gasteiger partial charge in [-0.25, -0.2) is 0 Å². The highest BCUT2D eigenvalue weighted by Crippen LogP contribution is 2.19. The second kappa shape index (κ2) is 4.21. The van der Waals surface area contributed by atoms with Gasteiger partial charge in [0.1, 0.15) is 0 Å². The molecule has 0 aliphatic rings. The molecular weight excluding hydrogens is 279 g/mol. The van der Waals surface area contributed by atoms with E-state index >= 15 is 0 Å². The Morgan fingerprint density at radius 1 is 1.27 bits per heavy atom. The fraction of sp³-hybridized carbons (Fsp3) is 0. The van der Waals surface area contributed by atoms with Gasteiger partial charge in [-0.1, -0.05) is 23.7 Å². The maximum Gasteiger partial charge on any atom is 0.228 e. The summed E-state index contributed by atoms with van der Waals surface area (Å²) in [7, 11) is 0. The van der Waals surface area contributed by atoms with Crippen molar-refractivity contribution in [2.24, 2.45) is 0 Å². The van der Waals surface area contributed by atoms with Crippen LogP contribution in [0.15, 0.2) is 45.5 Å². The molecule has 0 spiro atoms.